The quantitative estimate of drug-likeness (QED) is 0.537. The average Bonchev–Trinajstić information content (AvgIpc) is 3.16. The van der Waals surface area contributed by atoms with Crippen LogP contribution in [0, 0.1) is 5.92 Å². The van der Waals surface area contributed by atoms with Crippen LogP contribution in [0.25, 0.3) is 11.1 Å². The summed E-state index contributed by atoms with van der Waals surface area (Å²) in [7, 11) is 3.61. The lowest BCUT2D eigenvalue weighted by Gasteiger charge is -2.31. The van der Waals surface area contributed by atoms with Gasteiger partial charge >= 0.3 is 12.1 Å². The summed E-state index contributed by atoms with van der Waals surface area (Å²) in [5, 5.41) is 15.1. The van der Waals surface area contributed by atoms with Crippen LogP contribution in [0.4, 0.5) is 4.79 Å². The Hall–Kier alpha value is -3.39. The van der Waals surface area contributed by atoms with Gasteiger partial charge in [-0.05, 0) is 49.2 Å². The van der Waals surface area contributed by atoms with Gasteiger partial charge in [0, 0.05) is 18.5 Å². The number of alkyl carbamates (subject to hydrolysis) is 1. The van der Waals surface area contributed by atoms with Gasteiger partial charge in [-0.3, -0.25) is 9.59 Å². The standard InChI is InChI=1S/C27H33N3O5/c1-30(2)15-24(25(31)28-23-14-8-7-13-21(23)26(32)33)29-27(34)35-16-22-19-11-5-3-9-17(19)18-10-4-6-12-20(18)22/h3-6,9-12,21-24H,7-8,13-16H2,1-2H3,(H,28,31)(H,29,34)(H,32,33)/t21-,23+,24+/m1/s1. The fraction of sp³-hybridized carbons (Fsp3) is 0.444. The molecule has 0 radical (unpaired) electrons. The second-order valence-electron chi connectivity index (χ2n) is 9.63. The maximum absolute atomic E-state index is 13.0. The number of aliphatic carboxylic acids is 1. The SMILES string of the molecule is CN(C)C[C@H](NC(=O)OCC1c2ccccc2-c2ccccc21)C(=O)N[C@H]1CCCC[C@H]1C(=O)O. The first-order chi connectivity index (χ1) is 16.8. The van der Waals surface area contributed by atoms with Gasteiger partial charge < -0.3 is 25.4 Å². The van der Waals surface area contributed by atoms with Crippen LogP contribution in [-0.4, -0.2) is 67.3 Å². The Morgan fingerprint density at radius 1 is 1.00 bits per heavy atom. The normalized spacial score (nSPS) is 20.0. The molecule has 1 saturated carbocycles. The Morgan fingerprint density at radius 3 is 2.20 bits per heavy atom. The number of benzene rings is 2. The van der Waals surface area contributed by atoms with Crippen LogP contribution >= 0.6 is 0 Å². The first kappa shape index (κ1) is 24.7. The van der Waals surface area contributed by atoms with Gasteiger partial charge in [-0.15, -0.1) is 0 Å². The van der Waals surface area contributed by atoms with Crippen molar-refractivity contribution in [3.63, 3.8) is 0 Å². The Kier molecular flexibility index (Phi) is 7.70. The third-order valence-corrected chi connectivity index (χ3v) is 6.91. The third-order valence-electron chi connectivity index (χ3n) is 6.91. The van der Waals surface area contributed by atoms with Gasteiger partial charge in [0.15, 0.2) is 0 Å². The van der Waals surface area contributed by atoms with Crippen LogP contribution in [0.1, 0.15) is 42.7 Å². The van der Waals surface area contributed by atoms with Gasteiger partial charge in [-0.2, -0.15) is 0 Å². The van der Waals surface area contributed by atoms with Crippen LogP contribution in [0.15, 0.2) is 48.5 Å². The molecule has 0 bridgehead atoms. The highest BCUT2D eigenvalue weighted by molar-refractivity contribution is 5.87. The van der Waals surface area contributed by atoms with Gasteiger partial charge in [-0.1, -0.05) is 61.4 Å². The summed E-state index contributed by atoms with van der Waals surface area (Å²) in [6, 6.07) is 14.9. The van der Waals surface area contributed by atoms with E-state index in [0.29, 0.717) is 12.8 Å². The third kappa shape index (κ3) is 5.65. The molecule has 0 aromatic heterocycles. The van der Waals surface area contributed by atoms with Crippen molar-refractivity contribution < 1.29 is 24.2 Å². The molecule has 2 aromatic rings. The van der Waals surface area contributed by atoms with Gasteiger partial charge in [0.2, 0.25) is 5.91 Å². The van der Waals surface area contributed by atoms with Crippen molar-refractivity contribution >= 4 is 18.0 Å². The first-order valence-corrected chi connectivity index (χ1v) is 12.1. The smallest absolute Gasteiger partial charge is 0.407 e. The summed E-state index contributed by atoms with van der Waals surface area (Å²) in [5.41, 5.74) is 4.51. The number of carboxylic acid groups (broad SMARTS) is 1. The average molecular weight is 480 g/mol. The highest BCUT2D eigenvalue weighted by atomic mass is 16.5. The number of carbonyl (C=O) groups excluding carboxylic acids is 2. The van der Waals surface area contributed by atoms with Gasteiger partial charge in [0.05, 0.1) is 5.92 Å². The largest absolute Gasteiger partial charge is 0.481 e. The number of carboxylic acids is 1. The van der Waals surface area contributed by atoms with E-state index in [2.05, 4.69) is 22.8 Å². The molecule has 8 nitrogen and oxygen atoms in total. The van der Waals surface area contributed by atoms with Crippen molar-refractivity contribution in [2.45, 2.75) is 43.7 Å². The minimum atomic E-state index is -0.899. The van der Waals surface area contributed by atoms with Gasteiger partial charge in [0.1, 0.15) is 12.6 Å². The van der Waals surface area contributed by atoms with E-state index in [9.17, 15) is 19.5 Å². The number of amides is 2. The lowest BCUT2D eigenvalue weighted by Crippen LogP contribution is -2.56. The number of fused-ring (bicyclic) bond motifs is 3. The molecule has 0 heterocycles. The van der Waals surface area contributed by atoms with E-state index < -0.39 is 36.0 Å². The predicted octanol–water partition coefficient (Wildman–Crippen LogP) is 3.21. The molecule has 35 heavy (non-hydrogen) atoms. The maximum atomic E-state index is 13.0. The molecule has 8 heteroatoms. The number of nitrogens with one attached hydrogen (secondary N) is 2. The number of carbonyl (C=O) groups is 3. The second-order valence-corrected chi connectivity index (χ2v) is 9.63. The van der Waals surface area contributed by atoms with Crippen LogP contribution in [-0.2, 0) is 14.3 Å². The number of hydrogen-bond acceptors (Lipinski definition) is 5. The van der Waals surface area contributed by atoms with Gasteiger partial charge in [-0.25, -0.2) is 4.79 Å². The van der Waals surface area contributed by atoms with E-state index in [1.54, 1.807) is 19.0 Å². The highest BCUT2D eigenvalue weighted by Gasteiger charge is 2.34. The van der Waals surface area contributed by atoms with E-state index in [-0.39, 0.29) is 19.1 Å². The molecule has 0 aliphatic heterocycles. The van der Waals surface area contributed by atoms with E-state index in [0.717, 1.165) is 35.1 Å². The van der Waals surface area contributed by atoms with Crippen molar-refractivity contribution in [2.24, 2.45) is 5.92 Å². The Balaban J connectivity index is 1.40. The molecule has 2 aliphatic rings. The molecule has 2 aliphatic carbocycles. The number of nitrogens with zero attached hydrogens (tertiary/aromatic N) is 1. The Labute approximate surface area is 205 Å². The molecule has 1 fully saturated rings. The molecule has 0 saturated heterocycles. The van der Waals surface area contributed by atoms with E-state index in [1.807, 2.05) is 36.4 Å². The van der Waals surface area contributed by atoms with Crippen LogP contribution in [0.5, 0.6) is 0 Å². The molecule has 186 valence electrons. The molecular formula is C27H33N3O5. The predicted molar refractivity (Wildman–Crippen MR) is 132 cm³/mol. The van der Waals surface area contributed by atoms with Crippen molar-refractivity contribution in [3.05, 3.63) is 59.7 Å². The lowest BCUT2D eigenvalue weighted by molar-refractivity contribution is -0.144. The summed E-state index contributed by atoms with van der Waals surface area (Å²) in [5.74, 6) is -1.98. The Bertz CT molecular complexity index is 1040. The zero-order valence-corrected chi connectivity index (χ0v) is 20.2. The molecule has 0 unspecified atom stereocenters. The lowest BCUT2D eigenvalue weighted by atomic mass is 9.84. The molecule has 4 rings (SSSR count). The number of ether oxygens (including phenoxy) is 1. The zero-order chi connectivity index (χ0) is 24.9. The number of likely N-dealkylation sites (N-methyl/N-ethyl adjacent to an activating group) is 1. The van der Waals surface area contributed by atoms with E-state index in [4.69, 9.17) is 4.74 Å². The molecule has 2 aromatic carbocycles. The van der Waals surface area contributed by atoms with E-state index >= 15 is 0 Å². The summed E-state index contributed by atoms with van der Waals surface area (Å²) < 4.78 is 5.61. The fourth-order valence-electron chi connectivity index (χ4n) is 5.22. The highest BCUT2D eigenvalue weighted by Crippen LogP contribution is 2.44. The molecule has 3 N–H and O–H groups in total. The zero-order valence-electron chi connectivity index (χ0n) is 20.2. The summed E-state index contributed by atoms with van der Waals surface area (Å²) in [4.78, 5) is 39.2. The second kappa shape index (κ2) is 10.9. The van der Waals surface area contributed by atoms with E-state index in [1.165, 1.54) is 0 Å². The van der Waals surface area contributed by atoms with Crippen molar-refractivity contribution in [1.29, 1.82) is 0 Å². The molecule has 2 amide bonds. The van der Waals surface area contributed by atoms with Crippen LogP contribution in [0.2, 0.25) is 0 Å². The number of rotatable bonds is 8. The summed E-state index contributed by atoms with van der Waals surface area (Å²) >= 11 is 0. The molecule has 3 atom stereocenters. The van der Waals surface area contributed by atoms with Crippen LogP contribution < -0.4 is 10.6 Å². The summed E-state index contributed by atoms with van der Waals surface area (Å²) in [6.07, 6.45) is 2.18. The molecule has 0 spiro atoms. The maximum Gasteiger partial charge on any atom is 0.407 e. The minimum Gasteiger partial charge on any atom is -0.481 e. The van der Waals surface area contributed by atoms with Crippen LogP contribution in [0.3, 0.4) is 0 Å². The minimum absolute atomic E-state index is 0.0761. The molecular weight excluding hydrogens is 446 g/mol. The summed E-state index contributed by atoms with van der Waals surface area (Å²) in [6.45, 7) is 0.417. The van der Waals surface area contributed by atoms with Crippen molar-refractivity contribution in [3.8, 4) is 11.1 Å². The van der Waals surface area contributed by atoms with Crippen molar-refractivity contribution in [2.75, 3.05) is 27.2 Å². The fourth-order valence-corrected chi connectivity index (χ4v) is 5.22. The topological polar surface area (TPSA) is 108 Å². The Morgan fingerprint density at radius 2 is 1.60 bits per heavy atom. The van der Waals surface area contributed by atoms with Gasteiger partial charge in [0.25, 0.3) is 0 Å². The number of hydrogen-bond donors (Lipinski definition) is 3. The first-order valence-electron chi connectivity index (χ1n) is 12.1. The van der Waals surface area contributed by atoms with Crippen molar-refractivity contribution in [1.82, 2.24) is 15.5 Å². The monoisotopic (exact) mass is 479 g/mol.